The van der Waals surface area contributed by atoms with Gasteiger partial charge in [0.1, 0.15) is 6.04 Å². The Kier molecular flexibility index (Phi) is 5.22. The highest BCUT2D eigenvalue weighted by Crippen LogP contribution is 2.20. The van der Waals surface area contributed by atoms with Gasteiger partial charge in [0.25, 0.3) is 0 Å². The molecule has 0 amide bonds. The normalized spacial score (nSPS) is 23.9. The van der Waals surface area contributed by atoms with E-state index >= 15 is 0 Å². The molecule has 0 aromatic carbocycles. The number of hydrogen-bond donors (Lipinski definition) is 2. The predicted octanol–water partition coefficient (Wildman–Crippen LogP) is 1.03. The minimum atomic E-state index is -0.710. The van der Waals surface area contributed by atoms with Crippen molar-refractivity contribution in [3.8, 4) is 0 Å². The van der Waals surface area contributed by atoms with Crippen molar-refractivity contribution >= 4 is 5.97 Å². The number of carbonyl (C=O) groups is 1. The number of carboxylic acids is 1. The first-order valence-electron chi connectivity index (χ1n) is 6.23. The highest BCUT2D eigenvalue weighted by molar-refractivity contribution is 5.74. The molecule has 1 rings (SSSR count). The molecule has 0 saturated carbocycles. The Bertz CT molecular complexity index is 231. The summed E-state index contributed by atoms with van der Waals surface area (Å²) >= 11 is 0. The second-order valence-corrected chi connectivity index (χ2v) is 5.08. The first-order chi connectivity index (χ1) is 7.54. The lowest BCUT2D eigenvalue weighted by molar-refractivity contribution is -0.140. The van der Waals surface area contributed by atoms with Gasteiger partial charge >= 0.3 is 5.97 Å². The number of aliphatic carboxylic acids is 1. The van der Waals surface area contributed by atoms with Crippen molar-refractivity contribution in [3.05, 3.63) is 0 Å². The quantitative estimate of drug-likeness (QED) is 0.713. The molecule has 94 valence electrons. The molecule has 16 heavy (non-hydrogen) atoms. The molecule has 2 unspecified atom stereocenters. The van der Waals surface area contributed by atoms with Crippen LogP contribution in [0, 0.1) is 11.8 Å². The van der Waals surface area contributed by atoms with Crippen LogP contribution < -0.4 is 5.32 Å². The lowest BCUT2D eigenvalue weighted by atomic mass is 9.99. The van der Waals surface area contributed by atoms with E-state index in [4.69, 9.17) is 5.11 Å². The van der Waals surface area contributed by atoms with Crippen molar-refractivity contribution in [3.63, 3.8) is 0 Å². The number of likely N-dealkylation sites (N-methyl/N-ethyl adjacent to an activating group) is 1. The maximum atomic E-state index is 11.1. The summed E-state index contributed by atoms with van der Waals surface area (Å²) in [7, 11) is 0. The van der Waals surface area contributed by atoms with E-state index in [2.05, 4.69) is 24.1 Å². The number of nitrogens with one attached hydrogen (secondary N) is 1. The van der Waals surface area contributed by atoms with Crippen molar-refractivity contribution in [2.75, 3.05) is 26.2 Å². The topological polar surface area (TPSA) is 52.6 Å². The molecule has 0 aromatic rings. The Morgan fingerprint density at radius 3 is 2.75 bits per heavy atom. The van der Waals surface area contributed by atoms with Crippen LogP contribution in [0.2, 0.25) is 0 Å². The first-order valence-corrected chi connectivity index (χ1v) is 6.23. The summed E-state index contributed by atoms with van der Waals surface area (Å²) in [6.45, 7) is 10.1. The molecule has 4 nitrogen and oxygen atoms in total. The lowest BCUT2D eigenvalue weighted by Gasteiger charge is -2.22. The number of nitrogens with zero attached hydrogens (tertiary/aromatic N) is 1. The molecule has 0 bridgehead atoms. The van der Waals surface area contributed by atoms with Crippen LogP contribution in [0.25, 0.3) is 0 Å². The predicted molar refractivity (Wildman–Crippen MR) is 64.5 cm³/mol. The Labute approximate surface area is 98.0 Å². The monoisotopic (exact) mass is 228 g/mol. The molecule has 0 radical (unpaired) electrons. The number of likely N-dealkylation sites (tertiary alicyclic amines) is 1. The minimum absolute atomic E-state index is 0.260. The number of rotatable bonds is 6. The standard InChI is InChI=1S/C12H24N2O2/c1-4-13-11(12(15)16)10-5-6-14(8-10)7-9(2)3/h9-11,13H,4-8H2,1-3H3,(H,15,16). The zero-order valence-corrected chi connectivity index (χ0v) is 10.6. The highest BCUT2D eigenvalue weighted by Gasteiger charge is 2.33. The molecule has 1 aliphatic rings. The minimum Gasteiger partial charge on any atom is -0.480 e. The molecule has 1 fully saturated rings. The third-order valence-electron chi connectivity index (χ3n) is 3.09. The molecule has 1 heterocycles. The molecule has 1 aliphatic heterocycles. The summed E-state index contributed by atoms with van der Waals surface area (Å²) < 4.78 is 0. The maximum absolute atomic E-state index is 11.1. The van der Waals surface area contributed by atoms with Gasteiger partial charge in [-0.05, 0) is 31.3 Å². The van der Waals surface area contributed by atoms with Gasteiger partial charge in [-0.25, -0.2) is 0 Å². The van der Waals surface area contributed by atoms with E-state index < -0.39 is 5.97 Å². The fourth-order valence-corrected chi connectivity index (χ4v) is 2.49. The Hall–Kier alpha value is -0.610. The number of carboxylic acid groups (broad SMARTS) is 1. The first kappa shape index (κ1) is 13.5. The van der Waals surface area contributed by atoms with E-state index in [1.165, 1.54) is 0 Å². The Balaban J connectivity index is 2.46. The third kappa shape index (κ3) is 3.76. The van der Waals surface area contributed by atoms with Crippen LogP contribution >= 0.6 is 0 Å². The van der Waals surface area contributed by atoms with Crippen LogP contribution in [0.5, 0.6) is 0 Å². The highest BCUT2D eigenvalue weighted by atomic mass is 16.4. The largest absolute Gasteiger partial charge is 0.480 e. The molecule has 0 spiro atoms. The zero-order chi connectivity index (χ0) is 12.1. The van der Waals surface area contributed by atoms with Crippen LogP contribution in [-0.2, 0) is 4.79 Å². The zero-order valence-electron chi connectivity index (χ0n) is 10.6. The summed E-state index contributed by atoms with van der Waals surface area (Å²) in [6, 6.07) is -0.373. The van der Waals surface area contributed by atoms with E-state index in [-0.39, 0.29) is 12.0 Å². The van der Waals surface area contributed by atoms with E-state index in [1.807, 2.05) is 6.92 Å². The van der Waals surface area contributed by atoms with Crippen LogP contribution in [0.3, 0.4) is 0 Å². The van der Waals surface area contributed by atoms with E-state index in [0.29, 0.717) is 5.92 Å². The van der Waals surface area contributed by atoms with E-state index in [1.54, 1.807) is 0 Å². The molecular formula is C12H24N2O2. The van der Waals surface area contributed by atoms with Gasteiger partial charge in [-0.1, -0.05) is 20.8 Å². The molecule has 0 aromatic heterocycles. The van der Waals surface area contributed by atoms with Gasteiger partial charge in [0.15, 0.2) is 0 Å². The summed E-state index contributed by atoms with van der Waals surface area (Å²) in [6.07, 6.45) is 0.997. The second kappa shape index (κ2) is 6.21. The van der Waals surface area contributed by atoms with Crippen LogP contribution in [0.1, 0.15) is 27.2 Å². The van der Waals surface area contributed by atoms with Gasteiger partial charge in [-0.3, -0.25) is 4.79 Å². The number of hydrogen-bond acceptors (Lipinski definition) is 3. The molecular weight excluding hydrogens is 204 g/mol. The smallest absolute Gasteiger partial charge is 0.321 e. The van der Waals surface area contributed by atoms with Crippen molar-refractivity contribution < 1.29 is 9.90 Å². The van der Waals surface area contributed by atoms with Gasteiger partial charge in [-0.2, -0.15) is 0 Å². The van der Waals surface area contributed by atoms with Crippen LogP contribution in [-0.4, -0.2) is 48.2 Å². The fraction of sp³-hybridized carbons (Fsp3) is 0.917. The van der Waals surface area contributed by atoms with Gasteiger partial charge in [0.05, 0.1) is 0 Å². The van der Waals surface area contributed by atoms with Crippen molar-refractivity contribution in [1.82, 2.24) is 10.2 Å². The lowest BCUT2D eigenvalue weighted by Crippen LogP contribution is -2.44. The van der Waals surface area contributed by atoms with Crippen molar-refractivity contribution in [2.24, 2.45) is 11.8 Å². The summed E-state index contributed by atoms with van der Waals surface area (Å²) in [5, 5.41) is 12.2. The fourth-order valence-electron chi connectivity index (χ4n) is 2.49. The van der Waals surface area contributed by atoms with Crippen molar-refractivity contribution in [2.45, 2.75) is 33.2 Å². The maximum Gasteiger partial charge on any atom is 0.321 e. The van der Waals surface area contributed by atoms with E-state index in [9.17, 15) is 4.79 Å². The Morgan fingerprint density at radius 1 is 1.56 bits per heavy atom. The summed E-state index contributed by atoms with van der Waals surface area (Å²) in [5.41, 5.74) is 0. The van der Waals surface area contributed by atoms with Crippen LogP contribution in [0.15, 0.2) is 0 Å². The average molecular weight is 228 g/mol. The van der Waals surface area contributed by atoms with Gasteiger partial charge in [0, 0.05) is 13.1 Å². The Morgan fingerprint density at radius 2 is 2.25 bits per heavy atom. The molecule has 2 N–H and O–H groups in total. The summed E-state index contributed by atoms with van der Waals surface area (Å²) in [5.74, 6) is 0.204. The van der Waals surface area contributed by atoms with E-state index in [0.717, 1.165) is 32.6 Å². The summed E-state index contributed by atoms with van der Waals surface area (Å²) in [4.78, 5) is 13.5. The van der Waals surface area contributed by atoms with Crippen LogP contribution in [0.4, 0.5) is 0 Å². The van der Waals surface area contributed by atoms with Gasteiger partial charge in [-0.15, -0.1) is 0 Å². The molecule has 4 heteroatoms. The molecule has 1 saturated heterocycles. The molecule has 2 atom stereocenters. The average Bonchev–Trinajstić information content (AvgIpc) is 2.60. The second-order valence-electron chi connectivity index (χ2n) is 5.08. The van der Waals surface area contributed by atoms with Gasteiger partial charge in [0.2, 0.25) is 0 Å². The SMILES string of the molecule is CCNC(C(=O)O)C1CCN(CC(C)C)C1. The third-order valence-corrected chi connectivity index (χ3v) is 3.09. The molecule has 0 aliphatic carbocycles. The van der Waals surface area contributed by atoms with Gasteiger partial charge < -0.3 is 15.3 Å². The van der Waals surface area contributed by atoms with Crippen molar-refractivity contribution in [1.29, 1.82) is 0 Å².